The van der Waals surface area contributed by atoms with Crippen molar-refractivity contribution >= 4 is 24.8 Å². The van der Waals surface area contributed by atoms with Gasteiger partial charge in [0.15, 0.2) is 0 Å². The van der Waals surface area contributed by atoms with Crippen LogP contribution in [0.15, 0.2) is 0 Å². The van der Waals surface area contributed by atoms with Gasteiger partial charge in [-0.2, -0.15) is 0 Å². The van der Waals surface area contributed by atoms with E-state index in [1.54, 1.807) is 0 Å². The summed E-state index contributed by atoms with van der Waals surface area (Å²) in [6.07, 6.45) is 0. The molecule has 0 bridgehead atoms. The summed E-state index contributed by atoms with van der Waals surface area (Å²) in [5.41, 5.74) is 0. The molecule has 0 aliphatic carbocycles. The Morgan fingerprint density at radius 3 is 1.00 bits per heavy atom. The van der Waals surface area contributed by atoms with Crippen molar-refractivity contribution in [2.75, 3.05) is 0 Å². The normalized spacial score (nSPS) is 0.600. The van der Waals surface area contributed by atoms with E-state index in [4.69, 9.17) is 3.67 Å². The summed E-state index contributed by atoms with van der Waals surface area (Å²) in [7, 11) is 0. The van der Waals surface area contributed by atoms with Crippen LogP contribution >= 0.6 is 24.8 Å². The summed E-state index contributed by atoms with van der Waals surface area (Å²) in [6.45, 7) is 0. The Kier molecular flexibility index (Phi) is 730. The molecule has 1 nitrogen and oxygen atoms in total. The van der Waals surface area contributed by atoms with E-state index < -0.39 is 0 Å². The van der Waals surface area contributed by atoms with E-state index in [-0.39, 0.29) is 29.5 Å². The van der Waals surface area contributed by atoms with Crippen molar-refractivity contribution in [1.82, 2.24) is 0 Å². The topological polar surface area (TPSA) is 17.1 Å². The second-order valence-corrected chi connectivity index (χ2v) is 0. The molecule has 0 aliphatic rings. The summed E-state index contributed by atoms with van der Waals surface area (Å²) >= 11 is 1.06. The van der Waals surface area contributed by atoms with Gasteiger partial charge in [0.05, 0.1) is 0 Å². The zero-order valence-corrected chi connectivity index (χ0v) is 5.11. The van der Waals surface area contributed by atoms with E-state index in [9.17, 15) is 0 Å². The van der Waals surface area contributed by atoms with Crippen LogP contribution in [0.4, 0.5) is 4.70 Å². The van der Waals surface area contributed by atoms with Crippen LogP contribution in [0.3, 0.4) is 0 Å². The van der Waals surface area contributed by atoms with Crippen molar-refractivity contribution in [3.05, 3.63) is 0 Å². The molecule has 0 N–H and O–H groups in total. The van der Waals surface area contributed by atoms with Gasteiger partial charge < -0.3 is 0 Å². The fourth-order valence-corrected chi connectivity index (χ4v) is 0. The van der Waals surface area contributed by atoms with Crippen molar-refractivity contribution in [1.29, 1.82) is 0 Å². The predicted molar refractivity (Wildman–Crippen MR) is 17.7 cm³/mol. The number of rotatable bonds is 0. The molecule has 0 saturated heterocycles. The van der Waals surface area contributed by atoms with Gasteiger partial charge in [-0.3, -0.25) is 4.70 Å². The maximum absolute atomic E-state index is 8.19. The molecule has 0 heterocycles. The van der Waals surface area contributed by atoms with Crippen LogP contribution in [0.2, 0.25) is 0 Å². The third-order valence-electron chi connectivity index (χ3n) is 0. The molecule has 0 saturated carbocycles. The third kappa shape index (κ3) is 51.3. The van der Waals surface area contributed by atoms with E-state index in [1.807, 2.05) is 0 Å². The minimum atomic E-state index is 0. The van der Waals surface area contributed by atoms with E-state index in [2.05, 4.69) is 0 Å². The molecule has 5 heavy (non-hydrogen) atoms. The molecule has 0 aromatic rings. The van der Waals surface area contributed by atoms with Crippen molar-refractivity contribution < 1.29 is 25.7 Å². The Morgan fingerprint density at radius 1 is 1.00 bits per heavy atom. The van der Waals surface area contributed by atoms with Crippen LogP contribution in [0.5, 0.6) is 0 Å². The monoisotopic (exact) mass is 159 g/mol. The first kappa shape index (κ1) is 39.3. The SMILES string of the molecule is Cl.Cl.F.[O]=[V]. The van der Waals surface area contributed by atoms with Gasteiger partial charge in [0.25, 0.3) is 0 Å². The van der Waals surface area contributed by atoms with Crippen LogP contribution in [-0.2, 0) is 21.0 Å². The van der Waals surface area contributed by atoms with Gasteiger partial charge >= 0.3 is 21.0 Å². The molecule has 0 aromatic carbocycles. The zero-order valence-electron chi connectivity index (χ0n) is 2.08. The zero-order chi connectivity index (χ0) is 2.00. The van der Waals surface area contributed by atoms with Gasteiger partial charge in [0, 0.05) is 0 Å². The molecule has 0 aliphatic heterocycles. The van der Waals surface area contributed by atoms with Gasteiger partial charge in [-0.05, 0) is 0 Å². The van der Waals surface area contributed by atoms with Gasteiger partial charge in [-0.25, -0.2) is 0 Å². The Labute approximate surface area is 50.9 Å². The molecule has 0 unspecified atom stereocenters. The Bertz CT molecular complexity index is 9.61. The molecule has 0 atom stereocenters. The van der Waals surface area contributed by atoms with E-state index in [0.29, 0.717) is 0 Å². The first-order valence-corrected chi connectivity index (χ1v) is 0.753. The molecular weight excluding hydrogens is 157 g/mol. The predicted octanol–water partition coefficient (Wildman–Crippen LogP) is 0.875. The second kappa shape index (κ2) is 92.8. The van der Waals surface area contributed by atoms with E-state index in [1.165, 1.54) is 0 Å². The van der Waals surface area contributed by atoms with Crippen molar-refractivity contribution in [2.45, 2.75) is 0 Å². The fraction of sp³-hybridized carbons (Fsp3) is 0. The summed E-state index contributed by atoms with van der Waals surface area (Å²) in [4.78, 5) is 0. The van der Waals surface area contributed by atoms with E-state index in [0.717, 1.165) is 17.4 Å². The summed E-state index contributed by atoms with van der Waals surface area (Å²) in [6, 6.07) is 0. The average molecular weight is 160 g/mol. The maximum atomic E-state index is 8.19. The van der Waals surface area contributed by atoms with Gasteiger partial charge in [-0.15, -0.1) is 24.8 Å². The van der Waals surface area contributed by atoms with Gasteiger partial charge in [-0.1, -0.05) is 0 Å². The molecule has 35 valence electrons. The summed E-state index contributed by atoms with van der Waals surface area (Å²) in [5, 5.41) is 0. The first-order valence-electron chi connectivity index (χ1n) is 0.183. The van der Waals surface area contributed by atoms with Crippen LogP contribution in [0.1, 0.15) is 0 Å². The Hall–Kier alpha value is 0.894. The van der Waals surface area contributed by atoms with Crippen LogP contribution < -0.4 is 0 Å². The van der Waals surface area contributed by atoms with Crippen molar-refractivity contribution in [3.63, 3.8) is 0 Å². The first-order chi connectivity index (χ1) is 1.00. The molecule has 0 fully saturated rings. The van der Waals surface area contributed by atoms with Crippen LogP contribution in [-0.4, -0.2) is 0 Å². The van der Waals surface area contributed by atoms with Crippen molar-refractivity contribution in [3.8, 4) is 0 Å². The average Bonchev–Trinajstić information content (AvgIpc) is 1.00. The fourth-order valence-electron chi connectivity index (χ4n) is 0. The van der Waals surface area contributed by atoms with Crippen LogP contribution in [0, 0.1) is 0 Å². The number of hydrogen-bond donors (Lipinski definition) is 0. The number of hydrogen-bond acceptors (Lipinski definition) is 1. The van der Waals surface area contributed by atoms with Crippen molar-refractivity contribution in [2.24, 2.45) is 0 Å². The van der Waals surface area contributed by atoms with Gasteiger partial charge in [0.1, 0.15) is 0 Å². The quantitative estimate of drug-likeness (QED) is 0.513. The molecule has 0 spiro atoms. The molecule has 0 radical (unpaired) electrons. The Balaban J connectivity index is -0.00000000167. The summed E-state index contributed by atoms with van der Waals surface area (Å²) < 4.78 is 8.19. The molecule has 0 aromatic heterocycles. The molecule has 0 rings (SSSR count). The number of halogens is 3. The third-order valence-corrected chi connectivity index (χ3v) is 0. The van der Waals surface area contributed by atoms with E-state index >= 15 is 0 Å². The van der Waals surface area contributed by atoms with Gasteiger partial charge in [0.2, 0.25) is 0 Å². The van der Waals surface area contributed by atoms with Crippen LogP contribution in [0.25, 0.3) is 0 Å². The summed E-state index contributed by atoms with van der Waals surface area (Å²) in [5.74, 6) is 0. The molecule has 0 amide bonds. The minimum absolute atomic E-state index is 0. The molecular formula is H3Cl2FOV. The molecule has 5 heteroatoms. The second-order valence-electron chi connectivity index (χ2n) is 0. The Morgan fingerprint density at radius 2 is 1.00 bits per heavy atom. The standard InChI is InChI=1S/2ClH.FH.O.V/h3*1H;;.